The minimum atomic E-state index is 0.407. The molecule has 1 aromatic carbocycles. The van der Waals surface area contributed by atoms with Crippen LogP contribution in [0.2, 0.25) is 0 Å². The molecule has 0 aromatic heterocycles. The Balaban J connectivity index is 1.96. The fourth-order valence-electron chi connectivity index (χ4n) is 2.68. The zero-order chi connectivity index (χ0) is 13.8. The number of ether oxygens (including phenoxy) is 1. The summed E-state index contributed by atoms with van der Waals surface area (Å²) in [4.78, 5) is 0.458. The monoisotopic (exact) mass is 278 g/mol. The van der Waals surface area contributed by atoms with Crippen LogP contribution in [0, 0.1) is 12.8 Å². The van der Waals surface area contributed by atoms with E-state index in [1.807, 2.05) is 19.1 Å². The molecule has 0 spiro atoms. The van der Waals surface area contributed by atoms with E-state index in [0.29, 0.717) is 17.0 Å². The number of aryl methyl sites for hydroxylation is 1. The van der Waals surface area contributed by atoms with E-state index in [4.69, 9.17) is 22.7 Å². The third-order valence-corrected chi connectivity index (χ3v) is 4.03. The molecule has 3 nitrogen and oxygen atoms in total. The smallest absolute Gasteiger partial charge is 0.104 e. The summed E-state index contributed by atoms with van der Waals surface area (Å²) in [7, 11) is 0. The van der Waals surface area contributed by atoms with E-state index in [1.165, 1.54) is 0 Å². The highest BCUT2D eigenvalue weighted by molar-refractivity contribution is 7.80. The van der Waals surface area contributed by atoms with Gasteiger partial charge in [0.25, 0.3) is 0 Å². The maximum absolute atomic E-state index is 5.70. The van der Waals surface area contributed by atoms with Gasteiger partial charge in [-0.15, -0.1) is 0 Å². The van der Waals surface area contributed by atoms with Crippen LogP contribution in [0.3, 0.4) is 0 Å². The Bertz CT molecular complexity index is 461. The van der Waals surface area contributed by atoms with Gasteiger partial charge in [0, 0.05) is 30.3 Å². The normalized spacial score (nSPS) is 22.4. The lowest BCUT2D eigenvalue weighted by molar-refractivity contribution is 0.0900. The van der Waals surface area contributed by atoms with Gasteiger partial charge in [0.2, 0.25) is 0 Å². The average molecular weight is 278 g/mol. The molecule has 19 heavy (non-hydrogen) atoms. The maximum atomic E-state index is 5.70. The summed E-state index contributed by atoms with van der Waals surface area (Å²) >= 11 is 5.02. The van der Waals surface area contributed by atoms with Gasteiger partial charge >= 0.3 is 0 Å². The van der Waals surface area contributed by atoms with E-state index < -0.39 is 0 Å². The van der Waals surface area contributed by atoms with Crippen LogP contribution < -0.4 is 11.1 Å². The first-order valence-electron chi connectivity index (χ1n) is 6.87. The third kappa shape index (κ3) is 3.45. The van der Waals surface area contributed by atoms with Crippen LogP contribution in [0.1, 0.15) is 30.9 Å². The first-order chi connectivity index (χ1) is 9.11. The van der Waals surface area contributed by atoms with Crippen molar-refractivity contribution in [2.45, 2.75) is 32.8 Å². The molecule has 1 saturated heterocycles. The molecule has 1 aliphatic heterocycles. The molecule has 0 amide bonds. The van der Waals surface area contributed by atoms with Crippen LogP contribution in [0.15, 0.2) is 18.2 Å². The lowest BCUT2D eigenvalue weighted by atomic mass is 9.99. The number of nitrogens with one attached hydrogen (secondary N) is 1. The minimum absolute atomic E-state index is 0.407. The minimum Gasteiger partial charge on any atom is -0.389 e. The molecular weight excluding hydrogens is 256 g/mol. The fraction of sp³-hybridized carbons (Fsp3) is 0.533. The number of anilines is 1. The van der Waals surface area contributed by atoms with Gasteiger partial charge in [0.1, 0.15) is 4.99 Å². The predicted molar refractivity (Wildman–Crippen MR) is 83.7 cm³/mol. The summed E-state index contributed by atoms with van der Waals surface area (Å²) in [5.74, 6) is 0.612. The molecule has 1 aromatic rings. The van der Waals surface area contributed by atoms with Crippen molar-refractivity contribution < 1.29 is 4.74 Å². The average Bonchev–Trinajstić information content (AvgIpc) is 2.83. The van der Waals surface area contributed by atoms with Crippen molar-refractivity contribution in [2.75, 3.05) is 18.5 Å². The maximum Gasteiger partial charge on any atom is 0.104 e. The van der Waals surface area contributed by atoms with E-state index in [1.54, 1.807) is 0 Å². The second-order valence-corrected chi connectivity index (χ2v) is 5.58. The zero-order valence-electron chi connectivity index (χ0n) is 11.6. The molecule has 1 fully saturated rings. The summed E-state index contributed by atoms with van der Waals surface area (Å²) < 4.78 is 5.70. The van der Waals surface area contributed by atoms with Crippen molar-refractivity contribution >= 4 is 22.9 Å². The van der Waals surface area contributed by atoms with Crippen LogP contribution in [0.4, 0.5) is 5.69 Å². The van der Waals surface area contributed by atoms with Crippen molar-refractivity contribution in [3.05, 3.63) is 29.3 Å². The Hall–Kier alpha value is -1.13. The van der Waals surface area contributed by atoms with Crippen molar-refractivity contribution in [2.24, 2.45) is 11.7 Å². The number of hydrogen-bond acceptors (Lipinski definition) is 3. The topological polar surface area (TPSA) is 47.3 Å². The van der Waals surface area contributed by atoms with Gasteiger partial charge in [0.05, 0.1) is 6.10 Å². The third-order valence-electron chi connectivity index (χ3n) is 3.81. The first-order valence-corrected chi connectivity index (χ1v) is 7.28. The van der Waals surface area contributed by atoms with Gasteiger partial charge in [-0.2, -0.15) is 0 Å². The highest BCUT2D eigenvalue weighted by Crippen LogP contribution is 2.24. The van der Waals surface area contributed by atoms with E-state index in [9.17, 15) is 0 Å². The number of rotatable bonds is 5. The van der Waals surface area contributed by atoms with E-state index in [2.05, 4.69) is 18.3 Å². The predicted octanol–water partition coefficient (Wildman–Crippen LogP) is 2.86. The summed E-state index contributed by atoms with van der Waals surface area (Å²) in [6.45, 7) is 6.08. The summed E-state index contributed by atoms with van der Waals surface area (Å²) in [6, 6.07) is 6.13. The quantitative estimate of drug-likeness (QED) is 0.813. The van der Waals surface area contributed by atoms with Crippen molar-refractivity contribution in [1.29, 1.82) is 0 Å². The highest BCUT2D eigenvalue weighted by atomic mass is 32.1. The molecular formula is C15H22N2OS. The van der Waals surface area contributed by atoms with Crippen LogP contribution in [0.25, 0.3) is 0 Å². The Morgan fingerprint density at radius 3 is 2.95 bits per heavy atom. The summed E-state index contributed by atoms with van der Waals surface area (Å²) in [6.07, 6.45) is 2.64. The lowest BCUT2D eigenvalue weighted by Crippen LogP contribution is -2.22. The molecule has 104 valence electrons. The van der Waals surface area contributed by atoms with Crippen molar-refractivity contribution in [3.8, 4) is 0 Å². The number of benzene rings is 1. The second-order valence-electron chi connectivity index (χ2n) is 5.14. The van der Waals surface area contributed by atoms with Gasteiger partial charge in [-0.25, -0.2) is 0 Å². The highest BCUT2D eigenvalue weighted by Gasteiger charge is 2.26. The van der Waals surface area contributed by atoms with Gasteiger partial charge in [-0.1, -0.05) is 19.1 Å². The van der Waals surface area contributed by atoms with Crippen molar-refractivity contribution in [3.63, 3.8) is 0 Å². The van der Waals surface area contributed by atoms with Crippen LogP contribution in [-0.4, -0.2) is 24.2 Å². The molecule has 3 N–H and O–H groups in total. The molecule has 2 rings (SSSR count). The van der Waals surface area contributed by atoms with Gasteiger partial charge < -0.3 is 15.8 Å². The molecule has 2 unspecified atom stereocenters. The Kier molecular flexibility index (Phi) is 4.77. The Morgan fingerprint density at radius 1 is 1.53 bits per heavy atom. The first kappa shape index (κ1) is 14.3. The van der Waals surface area contributed by atoms with Crippen LogP contribution >= 0.6 is 12.2 Å². The number of hydrogen-bond donors (Lipinski definition) is 2. The second kappa shape index (κ2) is 6.35. The number of thiocarbonyl (C=S) groups is 1. The largest absolute Gasteiger partial charge is 0.389 e. The SMILES string of the molecule is CCC1OCCC1CNc1ccc(C(N)=S)c(C)c1. The van der Waals surface area contributed by atoms with E-state index >= 15 is 0 Å². The zero-order valence-corrected chi connectivity index (χ0v) is 12.4. The lowest BCUT2D eigenvalue weighted by Gasteiger charge is -2.18. The fourth-order valence-corrected chi connectivity index (χ4v) is 2.91. The standard InChI is InChI=1S/C15H22N2OS/c1-3-14-11(6-7-18-14)9-17-12-4-5-13(15(16)19)10(2)8-12/h4-5,8,11,14,17H,3,6-7,9H2,1-2H3,(H2,16,19). The Morgan fingerprint density at radius 2 is 2.32 bits per heavy atom. The van der Waals surface area contributed by atoms with Crippen LogP contribution in [-0.2, 0) is 4.74 Å². The molecule has 1 heterocycles. The van der Waals surface area contributed by atoms with Gasteiger partial charge in [-0.3, -0.25) is 0 Å². The van der Waals surface area contributed by atoms with Crippen molar-refractivity contribution in [1.82, 2.24) is 0 Å². The molecule has 1 aliphatic rings. The van der Waals surface area contributed by atoms with Crippen LogP contribution in [0.5, 0.6) is 0 Å². The molecule has 2 atom stereocenters. The molecule has 0 bridgehead atoms. The molecule has 4 heteroatoms. The molecule has 0 radical (unpaired) electrons. The molecule has 0 saturated carbocycles. The molecule has 0 aliphatic carbocycles. The van der Waals surface area contributed by atoms with Gasteiger partial charge in [-0.05, 0) is 43.5 Å². The summed E-state index contributed by atoms with van der Waals surface area (Å²) in [5, 5.41) is 3.49. The van der Waals surface area contributed by atoms with Gasteiger partial charge in [0.15, 0.2) is 0 Å². The van der Waals surface area contributed by atoms with E-state index in [0.717, 1.165) is 42.8 Å². The van der Waals surface area contributed by atoms with E-state index in [-0.39, 0.29) is 0 Å². The summed E-state index contributed by atoms with van der Waals surface area (Å²) in [5.41, 5.74) is 8.87. The Labute approximate surface area is 120 Å². The number of nitrogens with two attached hydrogens (primary N) is 1.